The molecule has 0 aromatic rings. The van der Waals surface area contributed by atoms with Gasteiger partial charge in [0, 0.05) is 13.0 Å². The Hall–Kier alpha value is -1.03. The van der Waals surface area contributed by atoms with Crippen molar-refractivity contribution in [2.75, 3.05) is 54.1 Å². The molecule has 2 atom stereocenters. The number of hydrogen-bond acceptors (Lipinski definition) is 8. The molecular weight excluding hydrogens is 535 g/mol. The molecule has 0 heterocycles. The molecule has 0 saturated carbocycles. The summed E-state index contributed by atoms with van der Waals surface area (Å²) in [6, 6.07) is 0. The Kier molecular flexibility index (Phi) is 23.9. The molecule has 3 N–H and O–H groups in total. The zero-order valence-corrected chi connectivity index (χ0v) is 26.8. The van der Waals surface area contributed by atoms with E-state index in [0.29, 0.717) is 11.0 Å². The Morgan fingerprint density at radius 1 is 0.750 bits per heavy atom. The van der Waals surface area contributed by atoms with Crippen LogP contribution in [0, 0.1) is 0 Å². The molecule has 0 radical (unpaired) electrons. The average molecular weight is 596 g/mol. The summed E-state index contributed by atoms with van der Waals surface area (Å²) in [5.74, 6) is -1.01. The van der Waals surface area contributed by atoms with Crippen LogP contribution in [0.5, 0.6) is 0 Å². The fraction of sp³-hybridized carbons (Fsp3) is 0.931. The van der Waals surface area contributed by atoms with E-state index >= 15 is 0 Å². The van der Waals surface area contributed by atoms with E-state index in [9.17, 15) is 19.0 Å². The molecular formula is C29H60N2O8P+. The maximum absolute atomic E-state index is 12.2. The first kappa shape index (κ1) is 39.0. The highest BCUT2D eigenvalue weighted by Gasteiger charge is 2.26. The van der Waals surface area contributed by atoms with Gasteiger partial charge in [-0.1, -0.05) is 96.8 Å². The van der Waals surface area contributed by atoms with Crippen LogP contribution in [0.15, 0.2) is 0 Å². The number of nitrogens with two attached hydrogens (primary N) is 1. The zero-order chi connectivity index (χ0) is 30.1. The lowest BCUT2D eigenvalue weighted by Crippen LogP contribution is -2.37. The van der Waals surface area contributed by atoms with E-state index < -0.39 is 32.5 Å². The Labute approximate surface area is 243 Å². The summed E-state index contributed by atoms with van der Waals surface area (Å²) in [7, 11) is 1.42. The summed E-state index contributed by atoms with van der Waals surface area (Å²) < 4.78 is 33.1. The van der Waals surface area contributed by atoms with E-state index in [1.807, 2.05) is 21.1 Å². The minimum absolute atomic E-state index is 0.0170. The molecule has 0 aromatic carbocycles. The van der Waals surface area contributed by atoms with Gasteiger partial charge in [0.15, 0.2) is 6.10 Å². The van der Waals surface area contributed by atoms with Gasteiger partial charge in [-0.3, -0.25) is 18.6 Å². The highest BCUT2D eigenvalue weighted by atomic mass is 31.2. The lowest BCUT2D eigenvalue weighted by molar-refractivity contribution is -0.870. The summed E-state index contributed by atoms with van der Waals surface area (Å²) >= 11 is 0. The van der Waals surface area contributed by atoms with Gasteiger partial charge in [0.05, 0.1) is 34.2 Å². The second-order valence-electron chi connectivity index (χ2n) is 11.6. The molecule has 0 aliphatic rings. The third-order valence-corrected chi connectivity index (χ3v) is 7.49. The van der Waals surface area contributed by atoms with Gasteiger partial charge in [-0.05, 0) is 6.42 Å². The molecule has 0 aromatic heterocycles. The van der Waals surface area contributed by atoms with E-state index in [0.717, 1.165) is 19.3 Å². The maximum atomic E-state index is 12.2. The van der Waals surface area contributed by atoms with E-state index in [2.05, 4.69) is 6.92 Å². The predicted octanol–water partition coefficient (Wildman–Crippen LogP) is 5.89. The second-order valence-corrected chi connectivity index (χ2v) is 13.1. The van der Waals surface area contributed by atoms with Crippen LogP contribution in [-0.2, 0) is 32.7 Å². The first-order valence-corrected chi connectivity index (χ1v) is 17.0. The van der Waals surface area contributed by atoms with Gasteiger partial charge in [-0.15, -0.1) is 0 Å². The number of unbranched alkanes of at least 4 members (excludes halogenated alkanes) is 14. The molecule has 40 heavy (non-hydrogen) atoms. The summed E-state index contributed by atoms with van der Waals surface area (Å²) in [5.41, 5.74) is 5.38. The summed E-state index contributed by atoms with van der Waals surface area (Å²) in [5, 5.41) is 0. The molecule has 0 aliphatic carbocycles. The summed E-state index contributed by atoms with van der Waals surface area (Å²) in [6.07, 6.45) is 17.9. The summed E-state index contributed by atoms with van der Waals surface area (Å²) in [6.45, 7) is 2.15. The van der Waals surface area contributed by atoms with Crippen molar-refractivity contribution in [3.05, 3.63) is 0 Å². The molecule has 0 rings (SSSR count). The van der Waals surface area contributed by atoms with Crippen molar-refractivity contribution in [1.29, 1.82) is 0 Å². The average Bonchev–Trinajstić information content (AvgIpc) is 2.87. The number of nitrogens with zero attached hydrogens (tertiary/aromatic N) is 1. The Morgan fingerprint density at radius 2 is 1.25 bits per heavy atom. The lowest BCUT2D eigenvalue weighted by Gasteiger charge is -2.24. The van der Waals surface area contributed by atoms with Crippen molar-refractivity contribution < 1.29 is 42.1 Å². The summed E-state index contributed by atoms with van der Waals surface area (Å²) in [4.78, 5) is 34.0. The minimum Gasteiger partial charge on any atom is -0.462 e. The number of ether oxygens (including phenoxy) is 2. The normalized spacial score (nSPS) is 14.1. The lowest BCUT2D eigenvalue weighted by atomic mass is 10.0. The first-order valence-electron chi connectivity index (χ1n) is 15.5. The van der Waals surface area contributed by atoms with Crippen molar-refractivity contribution in [2.24, 2.45) is 5.73 Å². The molecule has 0 aliphatic heterocycles. The molecule has 11 heteroatoms. The van der Waals surface area contributed by atoms with Crippen LogP contribution < -0.4 is 5.73 Å². The monoisotopic (exact) mass is 595 g/mol. The topological polar surface area (TPSA) is 134 Å². The first-order chi connectivity index (χ1) is 19.0. The fourth-order valence-electron chi connectivity index (χ4n) is 4.02. The molecule has 10 nitrogen and oxygen atoms in total. The second kappa shape index (κ2) is 24.6. The largest absolute Gasteiger partial charge is 0.472 e. The number of likely N-dealkylation sites (N-methyl/N-ethyl adjacent to an activating group) is 1. The number of phosphoric acid groups is 1. The number of phosphoric ester groups is 1. The number of esters is 2. The smallest absolute Gasteiger partial charge is 0.462 e. The molecule has 0 fully saturated rings. The van der Waals surface area contributed by atoms with Crippen molar-refractivity contribution >= 4 is 19.8 Å². The number of quaternary nitrogens is 1. The standard InChI is InChI=1S/C29H59N2O8P/c1-5-6-7-8-9-10-11-12-13-14-15-16-17-18-19-20-28(32)36-25-27(39-29(33)21-22-30)26-38-40(34,35)37-24-23-31(2,3)4/h27H,5-26,30H2,1-4H3/p+1/t27-/m1/s1. The SMILES string of the molecule is CCCCCCCCCCCCCCCCCC(=O)OC[C@H](COP(=O)(O)OCC[N+](C)(C)C)OC(=O)CCN. The van der Waals surface area contributed by atoms with Crippen LogP contribution in [0.4, 0.5) is 0 Å². The zero-order valence-electron chi connectivity index (χ0n) is 25.9. The van der Waals surface area contributed by atoms with Gasteiger partial charge >= 0.3 is 19.8 Å². The van der Waals surface area contributed by atoms with Gasteiger partial charge in [0.25, 0.3) is 0 Å². The van der Waals surface area contributed by atoms with Crippen molar-refractivity contribution in [3.8, 4) is 0 Å². The highest BCUT2D eigenvalue weighted by Crippen LogP contribution is 2.43. The van der Waals surface area contributed by atoms with E-state index in [4.69, 9.17) is 24.3 Å². The van der Waals surface area contributed by atoms with Crippen LogP contribution in [0.1, 0.15) is 116 Å². The molecule has 0 spiro atoms. The van der Waals surface area contributed by atoms with Crippen LogP contribution in [-0.4, -0.2) is 81.5 Å². The van der Waals surface area contributed by atoms with Gasteiger partial charge in [0.2, 0.25) is 0 Å². The Morgan fingerprint density at radius 3 is 1.73 bits per heavy atom. The fourth-order valence-corrected chi connectivity index (χ4v) is 4.76. The number of carbonyl (C=O) groups is 2. The predicted molar refractivity (Wildman–Crippen MR) is 159 cm³/mol. The number of carbonyl (C=O) groups excluding carboxylic acids is 2. The van der Waals surface area contributed by atoms with Crippen LogP contribution in [0.25, 0.3) is 0 Å². The van der Waals surface area contributed by atoms with Gasteiger partial charge in [0.1, 0.15) is 19.8 Å². The van der Waals surface area contributed by atoms with E-state index in [1.165, 1.54) is 77.0 Å². The van der Waals surface area contributed by atoms with Gasteiger partial charge < -0.3 is 24.6 Å². The van der Waals surface area contributed by atoms with E-state index in [1.54, 1.807) is 0 Å². The Bertz CT molecular complexity index is 687. The number of rotatable bonds is 28. The van der Waals surface area contributed by atoms with E-state index in [-0.39, 0.29) is 32.6 Å². The molecule has 0 amide bonds. The van der Waals surface area contributed by atoms with Crippen LogP contribution in [0.3, 0.4) is 0 Å². The molecule has 0 saturated heterocycles. The van der Waals surface area contributed by atoms with Crippen molar-refractivity contribution in [1.82, 2.24) is 0 Å². The van der Waals surface area contributed by atoms with Crippen molar-refractivity contribution in [3.63, 3.8) is 0 Å². The quantitative estimate of drug-likeness (QED) is 0.0491. The van der Waals surface area contributed by atoms with Crippen LogP contribution in [0.2, 0.25) is 0 Å². The third-order valence-electron chi connectivity index (χ3n) is 6.50. The maximum Gasteiger partial charge on any atom is 0.472 e. The van der Waals surface area contributed by atoms with Crippen molar-refractivity contribution in [2.45, 2.75) is 122 Å². The molecule has 1 unspecified atom stereocenters. The van der Waals surface area contributed by atoms with Gasteiger partial charge in [-0.25, -0.2) is 4.57 Å². The highest BCUT2D eigenvalue weighted by molar-refractivity contribution is 7.47. The third kappa shape index (κ3) is 27.2. The van der Waals surface area contributed by atoms with Crippen LogP contribution >= 0.6 is 7.82 Å². The van der Waals surface area contributed by atoms with Gasteiger partial charge in [-0.2, -0.15) is 0 Å². The Balaban J connectivity index is 4.05. The minimum atomic E-state index is -4.35. The molecule has 0 bridgehead atoms. The number of hydrogen-bond donors (Lipinski definition) is 2. The molecule has 238 valence electrons.